The molecule has 1 fully saturated rings. The smallest absolute Gasteiger partial charge is 0.417 e. The van der Waals surface area contributed by atoms with E-state index in [0.29, 0.717) is 17.9 Å². The molecule has 1 amide bonds. The van der Waals surface area contributed by atoms with Gasteiger partial charge in [0.15, 0.2) is 11.5 Å². The first kappa shape index (κ1) is 25.1. The Kier molecular flexibility index (Phi) is 5.75. The Bertz CT molecular complexity index is 1350. The molecule has 0 aromatic heterocycles. The van der Waals surface area contributed by atoms with Gasteiger partial charge < -0.3 is 15.2 Å². The van der Waals surface area contributed by atoms with Crippen LogP contribution in [0.25, 0.3) is 11.1 Å². The number of nitriles is 1. The molecule has 0 saturated carbocycles. The Morgan fingerprint density at radius 1 is 1.19 bits per heavy atom. The van der Waals surface area contributed by atoms with Crippen LogP contribution in [0.3, 0.4) is 0 Å². The van der Waals surface area contributed by atoms with Crippen molar-refractivity contribution in [2.75, 3.05) is 13.7 Å². The van der Waals surface area contributed by atoms with Crippen LogP contribution in [0.1, 0.15) is 49.8 Å². The number of nitrogens with two attached hydrogens (primary N) is 1. The van der Waals surface area contributed by atoms with E-state index in [4.69, 9.17) is 15.2 Å². The van der Waals surface area contributed by atoms with Gasteiger partial charge in [-0.2, -0.15) is 18.4 Å². The van der Waals surface area contributed by atoms with Crippen LogP contribution >= 0.6 is 0 Å². The highest BCUT2D eigenvalue weighted by atomic mass is 19.4. The molecule has 0 radical (unpaired) electrons. The standard InChI is InChI=1S/C27H27F3N4O3/c1-25(2)12-17(8-9-36-25)22-13-26(23(35)34(3)24(32)33-26)20-11-16(5-7-21(20)37-22)18-10-15(14-31)4-6-19(18)27(28,29)30/h4-7,10-11,17,22H,8-9,12-13H2,1-3H3,(H2,32,33). The minimum Gasteiger partial charge on any atom is -0.490 e. The van der Waals surface area contributed by atoms with E-state index >= 15 is 0 Å². The first-order valence-electron chi connectivity index (χ1n) is 12.0. The molecule has 0 aliphatic carbocycles. The van der Waals surface area contributed by atoms with E-state index in [2.05, 4.69) is 4.99 Å². The molecule has 37 heavy (non-hydrogen) atoms. The molecule has 2 N–H and O–H groups in total. The van der Waals surface area contributed by atoms with Gasteiger partial charge in [0.1, 0.15) is 11.9 Å². The topological polar surface area (TPSA) is 101 Å². The highest BCUT2D eigenvalue weighted by molar-refractivity contribution is 6.07. The number of alkyl halides is 3. The number of likely N-dealkylation sites (N-methyl/N-ethyl adjacent to an activating group) is 1. The summed E-state index contributed by atoms with van der Waals surface area (Å²) >= 11 is 0. The zero-order valence-electron chi connectivity index (χ0n) is 20.7. The van der Waals surface area contributed by atoms with Crippen LogP contribution in [-0.2, 0) is 21.2 Å². The second kappa shape index (κ2) is 8.48. The van der Waals surface area contributed by atoms with Crippen LogP contribution in [0.5, 0.6) is 5.75 Å². The molecule has 10 heteroatoms. The maximum absolute atomic E-state index is 13.9. The Balaban J connectivity index is 1.65. The number of nitrogens with zero attached hydrogens (tertiary/aromatic N) is 3. The van der Waals surface area contributed by atoms with Gasteiger partial charge in [0.2, 0.25) is 0 Å². The van der Waals surface area contributed by atoms with Crippen LogP contribution < -0.4 is 10.5 Å². The predicted molar refractivity (Wildman–Crippen MR) is 129 cm³/mol. The van der Waals surface area contributed by atoms with Crippen LogP contribution in [-0.4, -0.2) is 42.1 Å². The van der Waals surface area contributed by atoms with Gasteiger partial charge in [-0.15, -0.1) is 0 Å². The third kappa shape index (κ3) is 4.21. The fourth-order valence-corrected chi connectivity index (χ4v) is 5.70. The van der Waals surface area contributed by atoms with Gasteiger partial charge in [-0.3, -0.25) is 9.69 Å². The number of guanidine groups is 1. The molecule has 5 rings (SSSR count). The summed E-state index contributed by atoms with van der Waals surface area (Å²) in [6.07, 6.45) is -3.32. The van der Waals surface area contributed by atoms with Gasteiger partial charge in [0, 0.05) is 31.6 Å². The minimum atomic E-state index is -4.64. The summed E-state index contributed by atoms with van der Waals surface area (Å²) in [4.78, 5) is 19.5. The van der Waals surface area contributed by atoms with Gasteiger partial charge in [0.25, 0.3) is 5.91 Å². The summed E-state index contributed by atoms with van der Waals surface area (Å²) in [5.74, 6) is 0.156. The van der Waals surface area contributed by atoms with E-state index in [0.717, 1.165) is 25.0 Å². The Morgan fingerprint density at radius 2 is 1.95 bits per heavy atom. The Hall–Kier alpha value is -3.58. The van der Waals surface area contributed by atoms with Gasteiger partial charge in [0.05, 0.1) is 22.8 Å². The highest BCUT2D eigenvalue weighted by Gasteiger charge is 2.55. The van der Waals surface area contributed by atoms with E-state index in [9.17, 15) is 23.2 Å². The number of carbonyl (C=O) groups excluding carboxylic acids is 1. The van der Waals surface area contributed by atoms with E-state index in [1.165, 1.54) is 30.1 Å². The third-order valence-electron chi connectivity index (χ3n) is 7.53. The second-order valence-electron chi connectivity index (χ2n) is 10.5. The molecule has 7 nitrogen and oxygen atoms in total. The average Bonchev–Trinajstić information content (AvgIpc) is 3.06. The van der Waals surface area contributed by atoms with E-state index in [1.54, 1.807) is 6.07 Å². The molecule has 0 bridgehead atoms. The van der Waals surface area contributed by atoms with Crippen molar-refractivity contribution in [2.45, 2.75) is 56.5 Å². The minimum absolute atomic E-state index is 0.0387. The Labute approximate surface area is 212 Å². The molecule has 2 aromatic carbocycles. The highest BCUT2D eigenvalue weighted by Crippen LogP contribution is 2.50. The average molecular weight is 513 g/mol. The van der Waals surface area contributed by atoms with Crippen LogP contribution in [0.2, 0.25) is 0 Å². The van der Waals surface area contributed by atoms with Crippen molar-refractivity contribution in [1.82, 2.24) is 4.90 Å². The first-order valence-corrected chi connectivity index (χ1v) is 12.0. The summed E-state index contributed by atoms with van der Waals surface area (Å²) in [5, 5.41) is 9.30. The summed E-state index contributed by atoms with van der Waals surface area (Å²) in [7, 11) is 1.53. The molecule has 3 heterocycles. The molecular weight excluding hydrogens is 485 g/mol. The first-order chi connectivity index (χ1) is 17.3. The largest absolute Gasteiger partial charge is 0.490 e. The van der Waals surface area contributed by atoms with E-state index in [1.807, 2.05) is 19.9 Å². The Morgan fingerprint density at radius 3 is 2.57 bits per heavy atom. The molecule has 3 unspecified atom stereocenters. The lowest BCUT2D eigenvalue weighted by atomic mass is 9.74. The summed E-state index contributed by atoms with van der Waals surface area (Å²) < 4.78 is 53.9. The van der Waals surface area contributed by atoms with Crippen LogP contribution in [0, 0.1) is 17.2 Å². The molecule has 2 aromatic rings. The lowest BCUT2D eigenvalue weighted by Crippen LogP contribution is -2.49. The molecule has 3 aliphatic heterocycles. The monoisotopic (exact) mass is 512 g/mol. The van der Waals surface area contributed by atoms with Gasteiger partial charge in [-0.25, -0.2) is 4.99 Å². The van der Waals surface area contributed by atoms with Crippen molar-refractivity contribution < 1.29 is 27.4 Å². The van der Waals surface area contributed by atoms with Crippen molar-refractivity contribution in [2.24, 2.45) is 16.6 Å². The lowest BCUT2D eigenvalue weighted by molar-refractivity contribution is -0.137. The number of hydrogen-bond donors (Lipinski definition) is 1. The predicted octanol–water partition coefficient (Wildman–Crippen LogP) is 4.58. The van der Waals surface area contributed by atoms with Gasteiger partial charge in [-0.05, 0) is 68.1 Å². The number of amides is 1. The summed E-state index contributed by atoms with van der Waals surface area (Å²) in [6.45, 7) is 4.58. The quantitative estimate of drug-likeness (QED) is 0.635. The molecule has 3 aliphatic rings. The molecular formula is C27H27F3N4O3. The van der Waals surface area contributed by atoms with E-state index < -0.39 is 17.3 Å². The molecule has 194 valence electrons. The normalized spacial score (nSPS) is 26.9. The van der Waals surface area contributed by atoms with Crippen molar-refractivity contribution >= 4 is 11.9 Å². The van der Waals surface area contributed by atoms with Crippen molar-refractivity contribution in [3.05, 3.63) is 53.1 Å². The number of rotatable bonds is 2. The number of benzene rings is 2. The molecule has 1 saturated heterocycles. The van der Waals surface area contributed by atoms with Crippen LogP contribution in [0.15, 0.2) is 41.4 Å². The fourth-order valence-electron chi connectivity index (χ4n) is 5.70. The zero-order chi connectivity index (χ0) is 26.8. The third-order valence-corrected chi connectivity index (χ3v) is 7.53. The SMILES string of the molecule is CN1C(=O)C2(CC(C3CCOC(C)(C)C3)Oc3ccc(-c4cc(C#N)ccc4C(F)(F)F)cc32)N=C1N. The number of fused-ring (bicyclic) bond motifs is 2. The number of carbonyl (C=O) groups is 1. The van der Waals surface area contributed by atoms with Gasteiger partial charge in [-0.1, -0.05) is 6.07 Å². The van der Waals surface area contributed by atoms with Crippen molar-refractivity contribution in [3.8, 4) is 22.9 Å². The van der Waals surface area contributed by atoms with Crippen LogP contribution in [0.4, 0.5) is 13.2 Å². The van der Waals surface area contributed by atoms with Crippen molar-refractivity contribution in [3.63, 3.8) is 0 Å². The summed E-state index contributed by atoms with van der Waals surface area (Å²) in [6, 6.07) is 9.74. The second-order valence-corrected chi connectivity index (χ2v) is 10.5. The van der Waals surface area contributed by atoms with Gasteiger partial charge >= 0.3 is 6.18 Å². The lowest BCUT2D eigenvalue weighted by Gasteiger charge is -2.44. The molecule has 1 spiro atoms. The maximum Gasteiger partial charge on any atom is 0.417 e. The number of aliphatic imine (C=N–C) groups is 1. The van der Waals surface area contributed by atoms with Crippen molar-refractivity contribution in [1.29, 1.82) is 5.26 Å². The maximum atomic E-state index is 13.9. The zero-order valence-corrected chi connectivity index (χ0v) is 20.7. The number of hydrogen-bond acceptors (Lipinski definition) is 6. The fraction of sp³-hybridized carbons (Fsp3) is 0.444. The number of halogens is 3. The molecule has 3 atom stereocenters. The summed E-state index contributed by atoms with van der Waals surface area (Å²) in [5.41, 5.74) is 3.93. The van der Waals surface area contributed by atoms with E-state index in [-0.39, 0.29) is 52.6 Å². The number of ether oxygens (including phenoxy) is 2.